The average Bonchev–Trinajstić information content (AvgIpc) is 2.86. The molecule has 2 N–H and O–H groups in total. The maximum Gasteiger partial charge on any atom is 0.0814 e. The van der Waals surface area contributed by atoms with Crippen molar-refractivity contribution in [1.82, 2.24) is 0 Å². The molecular weight excluding hydrogens is 444 g/mol. The quantitative estimate of drug-likeness (QED) is 0.217. The first-order chi connectivity index (χ1) is 16.8. The predicted octanol–water partition coefficient (Wildman–Crippen LogP) is 5.11. The first kappa shape index (κ1) is 32.0. The zero-order valence-electron chi connectivity index (χ0n) is 22.9. The number of ether oxygens (including phenoxy) is 4. The van der Waals surface area contributed by atoms with Gasteiger partial charge < -0.3 is 29.2 Å². The number of aryl methyl sites for hydroxylation is 1. The summed E-state index contributed by atoms with van der Waals surface area (Å²) in [5.74, 6) is 0. The molecule has 0 fully saturated rings. The summed E-state index contributed by atoms with van der Waals surface area (Å²) in [6.45, 7) is 11.5. The molecule has 0 spiro atoms. The van der Waals surface area contributed by atoms with E-state index in [1.807, 2.05) is 27.7 Å². The first-order valence-electron chi connectivity index (χ1n) is 13.7. The Morgan fingerprint density at radius 2 is 1.09 bits per heavy atom. The number of benzene rings is 1. The van der Waals surface area contributed by atoms with E-state index in [2.05, 4.69) is 31.2 Å². The zero-order valence-corrected chi connectivity index (χ0v) is 22.9. The van der Waals surface area contributed by atoms with Crippen LogP contribution in [0.1, 0.15) is 84.3 Å². The number of hydrogen-bond donors (Lipinski definition) is 2. The molecular formula is C29H52O6. The Labute approximate surface area is 214 Å². The van der Waals surface area contributed by atoms with Gasteiger partial charge in [0.1, 0.15) is 0 Å². The summed E-state index contributed by atoms with van der Waals surface area (Å²) in [4.78, 5) is 0. The smallest absolute Gasteiger partial charge is 0.0814 e. The molecule has 5 atom stereocenters. The van der Waals surface area contributed by atoms with Crippen molar-refractivity contribution >= 4 is 0 Å². The van der Waals surface area contributed by atoms with Crippen LogP contribution >= 0.6 is 0 Å². The van der Waals surface area contributed by atoms with Gasteiger partial charge in [0.15, 0.2) is 0 Å². The molecule has 1 rings (SSSR count). The van der Waals surface area contributed by atoms with E-state index in [9.17, 15) is 5.11 Å². The number of hydrogen-bond acceptors (Lipinski definition) is 6. The summed E-state index contributed by atoms with van der Waals surface area (Å²) >= 11 is 0. The average molecular weight is 497 g/mol. The second-order valence-corrected chi connectivity index (χ2v) is 9.95. The molecule has 0 aliphatic rings. The van der Waals surface area contributed by atoms with Gasteiger partial charge in [0.2, 0.25) is 0 Å². The van der Waals surface area contributed by atoms with Gasteiger partial charge in [-0.1, -0.05) is 63.3 Å². The number of aliphatic hydroxyl groups is 2. The van der Waals surface area contributed by atoms with Gasteiger partial charge in [-0.15, -0.1) is 0 Å². The fraction of sp³-hybridized carbons (Fsp3) is 0.793. The Bertz CT molecular complexity index is 608. The van der Waals surface area contributed by atoms with Crippen LogP contribution in [0.15, 0.2) is 24.3 Å². The highest BCUT2D eigenvalue weighted by Gasteiger charge is 2.13. The van der Waals surface area contributed by atoms with Crippen LogP contribution in [0.5, 0.6) is 0 Å². The van der Waals surface area contributed by atoms with Crippen LogP contribution < -0.4 is 0 Å². The molecule has 0 saturated carbocycles. The Hall–Kier alpha value is -1.02. The summed E-state index contributed by atoms with van der Waals surface area (Å²) in [5.41, 5.74) is 2.51. The van der Waals surface area contributed by atoms with Gasteiger partial charge in [-0.25, -0.2) is 0 Å². The minimum Gasteiger partial charge on any atom is -0.394 e. The Morgan fingerprint density at radius 1 is 0.629 bits per heavy atom. The minimum atomic E-state index is -0.537. The molecule has 0 radical (unpaired) electrons. The predicted molar refractivity (Wildman–Crippen MR) is 142 cm³/mol. The molecule has 0 bridgehead atoms. The second kappa shape index (κ2) is 20.1. The topological polar surface area (TPSA) is 77.4 Å². The van der Waals surface area contributed by atoms with Gasteiger partial charge in [-0.2, -0.15) is 0 Å². The third kappa shape index (κ3) is 17.1. The molecule has 6 heteroatoms. The molecule has 0 aromatic heterocycles. The molecule has 5 unspecified atom stereocenters. The van der Waals surface area contributed by atoms with Gasteiger partial charge in [0.05, 0.1) is 63.6 Å². The standard InChI is InChI=1S/C29H52O6/c1-6-7-8-9-10-11-12-27-13-15-28(16-14-27)17-29(31)22-35-26(5)21-34-25(4)20-33-24(3)19-32-23(2)18-30/h13-16,23-26,29-31H,6-12,17-22H2,1-5H3. The van der Waals surface area contributed by atoms with Crippen molar-refractivity contribution in [2.24, 2.45) is 0 Å². The van der Waals surface area contributed by atoms with E-state index in [4.69, 9.17) is 24.1 Å². The van der Waals surface area contributed by atoms with Crippen molar-refractivity contribution in [2.75, 3.05) is 33.0 Å². The van der Waals surface area contributed by atoms with Crippen LogP contribution in [0.4, 0.5) is 0 Å². The number of aliphatic hydroxyl groups excluding tert-OH is 2. The lowest BCUT2D eigenvalue weighted by molar-refractivity contribution is -0.0943. The fourth-order valence-electron chi connectivity index (χ4n) is 3.65. The molecule has 0 heterocycles. The van der Waals surface area contributed by atoms with Crippen molar-refractivity contribution < 1.29 is 29.2 Å². The summed E-state index contributed by atoms with van der Waals surface area (Å²) in [7, 11) is 0. The van der Waals surface area contributed by atoms with Gasteiger partial charge in [-0.3, -0.25) is 0 Å². The molecule has 35 heavy (non-hydrogen) atoms. The van der Waals surface area contributed by atoms with Crippen LogP contribution in [-0.2, 0) is 31.8 Å². The van der Waals surface area contributed by atoms with Crippen molar-refractivity contribution in [3.8, 4) is 0 Å². The third-order valence-electron chi connectivity index (χ3n) is 5.99. The lowest BCUT2D eigenvalue weighted by atomic mass is 10.0. The van der Waals surface area contributed by atoms with E-state index >= 15 is 0 Å². The van der Waals surface area contributed by atoms with Crippen molar-refractivity contribution in [1.29, 1.82) is 0 Å². The van der Waals surface area contributed by atoms with E-state index in [1.165, 1.54) is 44.1 Å². The summed E-state index contributed by atoms with van der Waals surface area (Å²) in [6, 6.07) is 8.63. The highest BCUT2D eigenvalue weighted by molar-refractivity contribution is 5.23. The Kier molecular flexibility index (Phi) is 18.4. The van der Waals surface area contributed by atoms with Gasteiger partial charge in [0.25, 0.3) is 0 Å². The third-order valence-corrected chi connectivity index (χ3v) is 5.99. The summed E-state index contributed by atoms with van der Waals surface area (Å²) in [5, 5.41) is 19.4. The van der Waals surface area contributed by atoms with Crippen LogP contribution in [0.2, 0.25) is 0 Å². The highest BCUT2D eigenvalue weighted by Crippen LogP contribution is 2.13. The first-order valence-corrected chi connectivity index (χ1v) is 13.7. The lowest BCUT2D eigenvalue weighted by Crippen LogP contribution is -2.29. The molecule has 1 aromatic rings. The fourth-order valence-corrected chi connectivity index (χ4v) is 3.65. The van der Waals surface area contributed by atoms with Crippen LogP contribution in [0.25, 0.3) is 0 Å². The van der Waals surface area contributed by atoms with E-state index in [0.29, 0.717) is 26.2 Å². The molecule has 0 aliphatic carbocycles. The van der Waals surface area contributed by atoms with E-state index in [0.717, 1.165) is 12.0 Å². The molecule has 0 saturated heterocycles. The lowest BCUT2D eigenvalue weighted by Gasteiger charge is -2.21. The van der Waals surface area contributed by atoms with Crippen LogP contribution in [0.3, 0.4) is 0 Å². The maximum atomic E-state index is 10.4. The number of unbranched alkanes of at least 4 members (excludes halogenated alkanes) is 5. The van der Waals surface area contributed by atoms with E-state index in [1.54, 1.807) is 0 Å². The number of rotatable bonds is 22. The maximum absolute atomic E-state index is 10.4. The second-order valence-electron chi connectivity index (χ2n) is 9.95. The highest BCUT2D eigenvalue weighted by atomic mass is 16.6. The van der Waals surface area contributed by atoms with Gasteiger partial charge >= 0.3 is 0 Å². The summed E-state index contributed by atoms with van der Waals surface area (Å²) in [6.07, 6.45) is 8.65. The van der Waals surface area contributed by atoms with Crippen molar-refractivity contribution in [2.45, 2.75) is 117 Å². The minimum absolute atomic E-state index is 0.00437. The monoisotopic (exact) mass is 496 g/mol. The van der Waals surface area contributed by atoms with Gasteiger partial charge in [0, 0.05) is 6.42 Å². The molecule has 204 valence electrons. The van der Waals surface area contributed by atoms with Gasteiger partial charge in [-0.05, 0) is 51.7 Å². The molecule has 0 amide bonds. The molecule has 1 aromatic carbocycles. The van der Waals surface area contributed by atoms with Crippen molar-refractivity contribution in [3.05, 3.63) is 35.4 Å². The SMILES string of the molecule is CCCCCCCCc1ccc(CC(O)COC(C)COC(C)COC(C)COC(C)CO)cc1. The molecule has 0 aliphatic heterocycles. The van der Waals surface area contributed by atoms with E-state index in [-0.39, 0.29) is 37.6 Å². The zero-order chi connectivity index (χ0) is 25.9. The Balaban J connectivity index is 2.15. The normalized spacial score (nSPS) is 16.1. The largest absolute Gasteiger partial charge is 0.394 e. The Morgan fingerprint density at radius 3 is 1.63 bits per heavy atom. The van der Waals surface area contributed by atoms with E-state index < -0.39 is 6.10 Å². The van der Waals surface area contributed by atoms with Crippen LogP contribution in [0, 0.1) is 0 Å². The van der Waals surface area contributed by atoms with Crippen molar-refractivity contribution in [3.63, 3.8) is 0 Å². The molecule has 6 nitrogen and oxygen atoms in total. The van der Waals surface area contributed by atoms with Crippen LogP contribution in [-0.4, -0.2) is 73.8 Å². The summed E-state index contributed by atoms with van der Waals surface area (Å²) < 4.78 is 22.8.